The largest absolute Gasteiger partial charge is 0.243 e. The third-order valence-electron chi connectivity index (χ3n) is 1.26. The zero-order valence-corrected chi connectivity index (χ0v) is 5.34. The minimum atomic E-state index is -0.841. The molecular weight excluding hydrogens is 114 g/mol. The van der Waals surface area contributed by atoms with E-state index in [1.807, 2.05) is 18.2 Å². The Kier molecular flexibility index (Phi) is 1.83. The molecule has 9 heavy (non-hydrogen) atoms. The molecule has 0 heterocycles. The van der Waals surface area contributed by atoms with Gasteiger partial charge in [0, 0.05) is 0 Å². The maximum Gasteiger partial charge on any atom is 0.122 e. The van der Waals surface area contributed by atoms with Gasteiger partial charge in [-0.05, 0) is 12.5 Å². The van der Waals surface area contributed by atoms with Crippen molar-refractivity contribution in [3.63, 3.8) is 0 Å². The third-order valence-corrected chi connectivity index (χ3v) is 1.26. The van der Waals surface area contributed by atoms with Gasteiger partial charge in [-0.15, -0.1) is 0 Å². The molecule has 1 heteroatoms. The van der Waals surface area contributed by atoms with Gasteiger partial charge >= 0.3 is 0 Å². The van der Waals surface area contributed by atoms with E-state index in [-0.39, 0.29) is 0 Å². The maximum absolute atomic E-state index is 12.4. The molecule has 1 rings (SSSR count). The molecule has 1 aromatic rings. The van der Waals surface area contributed by atoms with E-state index in [4.69, 9.17) is 0 Å². The molecule has 48 valence electrons. The normalized spacial score (nSPS) is 13.1. The first-order valence-corrected chi connectivity index (χ1v) is 2.99. The summed E-state index contributed by atoms with van der Waals surface area (Å²) in [5.41, 5.74) is 0.748. The van der Waals surface area contributed by atoms with Crippen molar-refractivity contribution in [3.05, 3.63) is 35.9 Å². The highest BCUT2D eigenvalue weighted by Gasteiger charge is 1.97. The molecule has 0 saturated carbocycles. The van der Waals surface area contributed by atoms with Crippen LogP contribution < -0.4 is 0 Å². The van der Waals surface area contributed by atoms with Crippen LogP contribution in [0, 0.1) is 0 Å². The lowest BCUT2D eigenvalue weighted by Gasteiger charge is -1.98. The van der Waals surface area contributed by atoms with Crippen LogP contribution in [0.2, 0.25) is 0 Å². The Labute approximate surface area is 54.3 Å². The molecule has 0 nitrogen and oxygen atoms in total. The fraction of sp³-hybridized carbons (Fsp3) is 0.250. The minimum absolute atomic E-state index is 0.748. The Bertz CT molecular complexity index is 167. The smallest absolute Gasteiger partial charge is 0.122 e. The predicted molar refractivity (Wildman–Crippen MR) is 36.0 cm³/mol. The summed E-state index contributed by atoms with van der Waals surface area (Å²) in [6.07, 6.45) is -0.841. The molecule has 0 aromatic heterocycles. The Morgan fingerprint density at radius 3 is 2.11 bits per heavy atom. The number of halogens is 1. The molecule has 0 amide bonds. The van der Waals surface area contributed by atoms with Crippen molar-refractivity contribution in [2.24, 2.45) is 0 Å². The van der Waals surface area contributed by atoms with Gasteiger partial charge in [0.05, 0.1) is 0 Å². The van der Waals surface area contributed by atoms with Crippen LogP contribution in [0.25, 0.3) is 0 Å². The topological polar surface area (TPSA) is 0 Å². The first kappa shape index (κ1) is 6.27. The zero-order chi connectivity index (χ0) is 6.69. The summed E-state index contributed by atoms with van der Waals surface area (Å²) in [7, 11) is 0. The van der Waals surface area contributed by atoms with E-state index in [0.29, 0.717) is 0 Å². The predicted octanol–water partition coefficient (Wildman–Crippen LogP) is 2.72. The number of rotatable bonds is 1. The van der Waals surface area contributed by atoms with Crippen LogP contribution in [0.5, 0.6) is 0 Å². The number of hydrogen-bond donors (Lipinski definition) is 0. The maximum atomic E-state index is 12.4. The highest BCUT2D eigenvalue weighted by Crippen LogP contribution is 2.14. The van der Waals surface area contributed by atoms with Crippen LogP contribution >= 0.6 is 0 Å². The molecule has 0 N–H and O–H groups in total. The quantitative estimate of drug-likeness (QED) is 0.538. The van der Waals surface area contributed by atoms with Crippen LogP contribution in [0.15, 0.2) is 30.3 Å². The highest BCUT2D eigenvalue weighted by molar-refractivity contribution is 5.16. The summed E-state index contributed by atoms with van der Waals surface area (Å²) in [6, 6.07) is 9.12. The van der Waals surface area contributed by atoms with Gasteiger partial charge in [-0.3, -0.25) is 0 Å². The van der Waals surface area contributed by atoms with Gasteiger partial charge in [0.25, 0.3) is 0 Å². The van der Waals surface area contributed by atoms with Crippen LogP contribution in [0.4, 0.5) is 4.39 Å². The Balaban J connectivity index is 2.85. The molecule has 0 spiro atoms. The first-order chi connectivity index (χ1) is 4.30. The second-order valence-electron chi connectivity index (χ2n) is 2.03. The standard InChI is InChI=1S/C8H9F/c1-7(9)8-5-3-2-4-6-8/h2-7H,1H3/i9-1. The van der Waals surface area contributed by atoms with E-state index in [9.17, 15) is 4.39 Å². The summed E-state index contributed by atoms with van der Waals surface area (Å²) in [6.45, 7) is 1.54. The Morgan fingerprint density at radius 1 is 1.22 bits per heavy atom. The number of alkyl halides is 1. The molecule has 1 aromatic carbocycles. The van der Waals surface area contributed by atoms with Crippen LogP contribution in [0.3, 0.4) is 0 Å². The summed E-state index contributed by atoms with van der Waals surface area (Å²) in [5, 5.41) is 0. The van der Waals surface area contributed by atoms with E-state index < -0.39 is 6.17 Å². The van der Waals surface area contributed by atoms with Crippen molar-refractivity contribution < 1.29 is 4.39 Å². The van der Waals surface area contributed by atoms with Crippen molar-refractivity contribution in [1.82, 2.24) is 0 Å². The number of hydrogen-bond acceptors (Lipinski definition) is 0. The van der Waals surface area contributed by atoms with Crippen LogP contribution in [0.1, 0.15) is 18.7 Å². The lowest BCUT2D eigenvalue weighted by atomic mass is 10.1. The Hall–Kier alpha value is -0.850. The minimum Gasteiger partial charge on any atom is -0.243 e. The first-order valence-electron chi connectivity index (χ1n) is 2.99. The fourth-order valence-electron chi connectivity index (χ4n) is 0.718. The third kappa shape index (κ3) is 1.53. The van der Waals surface area contributed by atoms with Crippen molar-refractivity contribution in [1.29, 1.82) is 0 Å². The molecule has 0 fully saturated rings. The highest BCUT2D eigenvalue weighted by atomic mass is 18.2. The second kappa shape index (κ2) is 2.62. The SMILES string of the molecule is CC([18F])c1ccccc1. The zero-order valence-electron chi connectivity index (χ0n) is 5.34. The summed E-state index contributed by atoms with van der Waals surface area (Å²) in [4.78, 5) is 0. The lowest BCUT2D eigenvalue weighted by Crippen LogP contribution is -1.81. The average Bonchev–Trinajstić information content (AvgIpc) is 1.90. The van der Waals surface area contributed by atoms with Gasteiger partial charge in [-0.2, -0.15) is 0 Å². The van der Waals surface area contributed by atoms with Gasteiger partial charge < -0.3 is 0 Å². The van der Waals surface area contributed by atoms with Gasteiger partial charge in [0.15, 0.2) is 0 Å². The van der Waals surface area contributed by atoms with Crippen molar-refractivity contribution in [3.8, 4) is 0 Å². The molecular formula is C8H9F. The van der Waals surface area contributed by atoms with Crippen molar-refractivity contribution in [2.45, 2.75) is 13.1 Å². The summed E-state index contributed by atoms with van der Waals surface area (Å²) < 4.78 is 12.4. The van der Waals surface area contributed by atoms with Crippen molar-refractivity contribution >= 4 is 0 Å². The van der Waals surface area contributed by atoms with Gasteiger partial charge in [0.2, 0.25) is 0 Å². The Morgan fingerprint density at radius 2 is 1.78 bits per heavy atom. The lowest BCUT2D eigenvalue weighted by molar-refractivity contribution is 0.374. The summed E-state index contributed by atoms with van der Waals surface area (Å²) >= 11 is 0. The molecule has 0 aliphatic carbocycles. The molecule has 0 bridgehead atoms. The van der Waals surface area contributed by atoms with Crippen LogP contribution in [-0.4, -0.2) is 0 Å². The number of benzene rings is 1. The van der Waals surface area contributed by atoms with E-state index in [2.05, 4.69) is 0 Å². The van der Waals surface area contributed by atoms with Gasteiger partial charge in [-0.25, -0.2) is 4.39 Å². The monoisotopic (exact) mass is 123 g/mol. The van der Waals surface area contributed by atoms with E-state index >= 15 is 0 Å². The molecule has 0 aliphatic rings. The second-order valence-corrected chi connectivity index (χ2v) is 2.03. The average molecular weight is 123 g/mol. The van der Waals surface area contributed by atoms with E-state index in [0.717, 1.165) is 5.56 Å². The summed E-state index contributed by atoms with van der Waals surface area (Å²) in [5.74, 6) is 0. The molecule has 0 saturated heterocycles. The van der Waals surface area contributed by atoms with Gasteiger partial charge in [-0.1, -0.05) is 30.3 Å². The van der Waals surface area contributed by atoms with E-state index in [1.165, 1.54) is 6.92 Å². The molecule has 1 unspecified atom stereocenters. The van der Waals surface area contributed by atoms with E-state index in [1.54, 1.807) is 12.1 Å². The molecule has 0 radical (unpaired) electrons. The van der Waals surface area contributed by atoms with Crippen LogP contribution in [-0.2, 0) is 0 Å². The molecule has 0 aliphatic heterocycles. The fourth-order valence-corrected chi connectivity index (χ4v) is 0.718. The van der Waals surface area contributed by atoms with Gasteiger partial charge in [0.1, 0.15) is 6.17 Å². The van der Waals surface area contributed by atoms with Crippen molar-refractivity contribution in [2.75, 3.05) is 0 Å². The molecule has 1 atom stereocenters.